The van der Waals surface area contributed by atoms with Gasteiger partial charge in [-0.3, -0.25) is 0 Å². The van der Waals surface area contributed by atoms with Crippen molar-refractivity contribution in [3.05, 3.63) is 41.8 Å². The summed E-state index contributed by atoms with van der Waals surface area (Å²) in [6.07, 6.45) is -0.719. The normalized spacial score (nSPS) is 13.1. The van der Waals surface area contributed by atoms with E-state index in [0.717, 1.165) is 13.1 Å². The summed E-state index contributed by atoms with van der Waals surface area (Å²) in [7, 11) is 0. The highest BCUT2D eigenvalue weighted by Crippen LogP contribution is 2.38. The monoisotopic (exact) mass is 414 g/mol. The third-order valence-electron chi connectivity index (χ3n) is 1.80. The molecule has 1 unspecified atom stereocenters. The van der Waals surface area contributed by atoms with Crippen LogP contribution in [-0.2, 0) is 0 Å². The van der Waals surface area contributed by atoms with Gasteiger partial charge in [0.2, 0.25) is 0 Å². The van der Waals surface area contributed by atoms with E-state index in [1.165, 1.54) is 11.3 Å². The zero-order valence-electron chi connectivity index (χ0n) is 7.21. The van der Waals surface area contributed by atoms with Crippen molar-refractivity contribution in [1.29, 1.82) is 0 Å². The van der Waals surface area contributed by atoms with Gasteiger partial charge in [-0.2, -0.15) is 0 Å². The minimum absolute atomic E-state index is 0.531. The van der Waals surface area contributed by atoms with Crippen LogP contribution in [0.1, 0.15) is 16.7 Å². The lowest BCUT2D eigenvalue weighted by atomic mass is 10.2. The van der Waals surface area contributed by atoms with Gasteiger partial charge in [-0.05, 0) is 66.0 Å². The molecule has 0 amide bonds. The molecule has 0 aliphatic heterocycles. The van der Waals surface area contributed by atoms with E-state index in [0.29, 0.717) is 10.4 Å². The summed E-state index contributed by atoms with van der Waals surface area (Å²) >= 11 is 11.4. The molecule has 0 spiro atoms. The van der Waals surface area contributed by atoms with Crippen LogP contribution in [0.25, 0.3) is 0 Å². The fraction of sp³-hybridized carbons (Fsp3) is 0.111. The Bertz CT molecular complexity index is 458. The van der Waals surface area contributed by atoms with E-state index in [1.807, 2.05) is 6.07 Å². The Morgan fingerprint density at radius 3 is 2.47 bits per heavy atom. The molecular weight excluding hydrogens is 412 g/mol. The minimum Gasteiger partial charge on any atom is -0.451 e. The average molecular weight is 417 g/mol. The topological polar surface area (TPSA) is 33.4 Å². The molecular formula is C9H5Br3O2S. The maximum absolute atomic E-state index is 10.00. The molecule has 1 N–H and O–H groups in total. The van der Waals surface area contributed by atoms with E-state index in [4.69, 9.17) is 4.42 Å². The lowest BCUT2D eigenvalue weighted by molar-refractivity contribution is 0.191. The van der Waals surface area contributed by atoms with Crippen LogP contribution < -0.4 is 0 Å². The number of thiophene rings is 1. The molecule has 80 valence electrons. The van der Waals surface area contributed by atoms with Crippen LogP contribution in [0, 0.1) is 0 Å². The number of rotatable bonds is 2. The molecule has 2 rings (SSSR count). The predicted octanol–water partition coefficient (Wildman–Crippen LogP) is 4.71. The molecule has 0 aliphatic rings. The Balaban J connectivity index is 2.31. The van der Waals surface area contributed by atoms with Gasteiger partial charge in [0.1, 0.15) is 11.9 Å². The first-order valence-electron chi connectivity index (χ1n) is 3.96. The quantitative estimate of drug-likeness (QED) is 0.769. The van der Waals surface area contributed by atoms with E-state index in [-0.39, 0.29) is 0 Å². The highest BCUT2D eigenvalue weighted by atomic mass is 79.9. The summed E-state index contributed by atoms with van der Waals surface area (Å²) in [4.78, 5) is 0.829. The van der Waals surface area contributed by atoms with Crippen molar-refractivity contribution in [2.24, 2.45) is 0 Å². The standard InChI is InChI=1S/C9H5Br3O2S/c10-4-3-6(15-9(4)12)8(13)5-1-2-7(11)14-5/h1-3,8,13H. The SMILES string of the molecule is OC(c1ccc(Br)o1)c1cc(Br)c(Br)s1. The van der Waals surface area contributed by atoms with Crippen molar-refractivity contribution >= 4 is 59.1 Å². The van der Waals surface area contributed by atoms with Gasteiger partial charge in [0.25, 0.3) is 0 Å². The molecule has 0 radical (unpaired) electrons. The Morgan fingerprint density at radius 2 is 2.00 bits per heavy atom. The van der Waals surface area contributed by atoms with Crippen molar-refractivity contribution in [1.82, 2.24) is 0 Å². The predicted molar refractivity (Wildman–Crippen MR) is 70.2 cm³/mol. The molecule has 15 heavy (non-hydrogen) atoms. The summed E-state index contributed by atoms with van der Waals surface area (Å²) in [6.45, 7) is 0. The number of hydrogen-bond acceptors (Lipinski definition) is 3. The van der Waals surface area contributed by atoms with Crippen molar-refractivity contribution in [2.75, 3.05) is 0 Å². The lowest BCUT2D eigenvalue weighted by Gasteiger charge is -2.03. The van der Waals surface area contributed by atoms with Crippen molar-refractivity contribution in [3.8, 4) is 0 Å². The Kier molecular flexibility index (Phi) is 3.72. The summed E-state index contributed by atoms with van der Waals surface area (Å²) in [5.41, 5.74) is 0. The average Bonchev–Trinajstić information content (AvgIpc) is 2.74. The van der Waals surface area contributed by atoms with Crippen molar-refractivity contribution in [2.45, 2.75) is 6.10 Å². The second-order valence-electron chi connectivity index (χ2n) is 2.81. The molecule has 0 saturated carbocycles. The zero-order chi connectivity index (χ0) is 11.0. The van der Waals surface area contributed by atoms with Gasteiger partial charge < -0.3 is 9.52 Å². The highest BCUT2D eigenvalue weighted by molar-refractivity contribution is 9.13. The molecule has 2 heterocycles. The molecule has 0 aliphatic carbocycles. The van der Waals surface area contributed by atoms with Crippen LogP contribution in [-0.4, -0.2) is 5.11 Å². The van der Waals surface area contributed by atoms with Gasteiger partial charge >= 0.3 is 0 Å². The Morgan fingerprint density at radius 1 is 1.27 bits per heavy atom. The largest absolute Gasteiger partial charge is 0.451 e. The summed E-state index contributed by atoms with van der Waals surface area (Å²) in [5.74, 6) is 0.531. The molecule has 1 atom stereocenters. The first-order chi connectivity index (χ1) is 7.08. The fourth-order valence-electron chi connectivity index (χ4n) is 1.11. The van der Waals surface area contributed by atoms with Crippen LogP contribution in [0.5, 0.6) is 0 Å². The number of aliphatic hydroxyl groups excluding tert-OH is 1. The van der Waals surface area contributed by atoms with Gasteiger partial charge in [-0.15, -0.1) is 11.3 Å². The molecule has 0 bridgehead atoms. The summed E-state index contributed by atoms with van der Waals surface area (Å²) in [5, 5.41) is 10.00. The van der Waals surface area contributed by atoms with Gasteiger partial charge in [-0.25, -0.2) is 0 Å². The molecule has 2 nitrogen and oxygen atoms in total. The molecule has 6 heteroatoms. The third kappa shape index (κ3) is 2.55. The van der Waals surface area contributed by atoms with Gasteiger partial charge in [0, 0.05) is 9.35 Å². The number of halogens is 3. The molecule has 0 fully saturated rings. The van der Waals surface area contributed by atoms with E-state index >= 15 is 0 Å². The number of furan rings is 1. The fourth-order valence-corrected chi connectivity index (χ4v) is 3.52. The van der Waals surface area contributed by atoms with Crippen molar-refractivity contribution in [3.63, 3.8) is 0 Å². The Hall–Kier alpha value is 0.380. The van der Waals surface area contributed by atoms with Gasteiger partial charge in [0.05, 0.1) is 3.79 Å². The van der Waals surface area contributed by atoms with E-state index < -0.39 is 6.10 Å². The molecule has 2 aromatic rings. The second-order valence-corrected chi connectivity index (χ2v) is 6.85. The summed E-state index contributed by atoms with van der Waals surface area (Å²) < 4.78 is 7.81. The zero-order valence-corrected chi connectivity index (χ0v) is 12.8. The van der Waals surface area contributed by atoms with Crippen molar-refractivity contribution < 1.29 is 9.52 Å². The van der Waals surface area contributed by atoms with Crippen LogP contribution in [0.2, 0.25) is 0 Å². The van der Waals surface area contributed by atoms with Crippen LogP contribution in [0.4, 0.5) is 0 Å². The van der Waals surface area contributed by atoms with Crippen LogP contribution >= 0.6 is 59.1 Å². The second kappa shape index (κ2) is 4.71. The smallest absolute Gasteiger partial charge is 0.169 e. The maximum Gasteiger partial charge on any atom is 0.169 e. The lowest BCUT2D eigenvalue weighted by Crippen LogP contribution is -1.93. The maximum atomic E-state index is 10.00. The molecule has 0 saturated heterocycles. The number of aliphatic hydroxyl groups is 1. The van der Waals surface area contributed by atoms with E-state index in [1.54, 1.807) is 12.1 Å². The van der Waals surface area contributed by atoms with E-state index in [2.05, 4.69) is 47.8 Å². The first-order valence-corrected chi connectivity index (χ1v) is 7.15. The Labute approximate surface area is 116 Å². The summed E-state index contributed by atoms with van der Waals surface area (Å²) in [6, 6.07) is 5.38. The minimum atomic E-state index is -0.719. The van der Waals surface area contributed by atoms with Crippen LogP contribution in [0.3, 0.4) is 0 Å². The van der Waals surface area contributed by atoms with Crippen LogP contribution in [0.15, 0.2) is 35.5 Å². The van der Waals surface area contributed by atoms with Gasteiger partial charge in [-0.1, -0.05) is 0 Å². The molecule has 2 aromatic heterocycles. The van der Waals surface area contributed by atoms with E-state index in [9.17, 15) is 5.11 Å². The third-order valence-corrected chi connectivity index (χ3v) is 5.53. The number of hydrogen-bond donors (Lipinski definition) is 1. The van der Waals surface area contributed by atoms with Gasteiger partial charge in [0.15, 0.2) is 4.67 Å². The highest BCUT2D eigenvalue weighted by Gasteiger charge is 2.18. The first kappa shape index (κ1) is 11.9. The molecule has 0 aromatic carbocycles.